The molecule has 4 aromatic heterocycles. The van der Waals surface area contributed by atoms with Crippen molar-refractivity contribution in [2.75, 3.05) is 11.4 Å². The monoisotopic (exact) mass is 436 g/mol. The van der Waals surface area contributed by atoms with E-state index in [0.717, 1.165) is 32.5 Å². The van der Waals surface area contributed by atoms with Crippen LogP contribution in [0.1, 0.15) is 29.9 Å². The summed E-state index contributed by atoms with van der Waals surface area (Å²) in [5.74, 6) is 0.540. The number of anilines is 1. The first kappa shape index (κ1) is 18.8. The molecular formula is C16H15F3N10S. The predicted octanol–water partition coefficient (Wildman–Crippen LogP) is 2.45. The number of thiophene rings is 1. The molecule has 5 heterocycles. The van der Waals surface area contributed by atoms with Crippen molar-refractivity contribution in [3.8, 4) is 11.6 Å². The fourth-order valence-corrected chi connectivity index (χ4v) is 4.60. The third kappa shape index (κ3) is 3.16. The van der Waals surface area contributed by atoms with E-state index in [1.165, 1.54) is 0 Å². The summed E-state index contributed by atoms with van der Waals surface area (Å²) in [6.45, 7) is 2.68. The van der Waals surface area contributed by atoms with E-state index in [1.54, 1.807) is 11.3 Å². The van der Waals surface area contributed by atoms with Crippen molar-refractivity contribution in [3.63, 3.8) is 0 Å². The summed E-state index contributed by atoms with van der Waals surface area (Å²) >= 11 is 1.56. The van der Waals surface area contributed by atoms with Gasteiger partial charge in [-0.15, -0.1) is 26.6 Å². The smallest absolute Gasteiger partial charge is 0.347 e. The van der Waals surface area contributed by atoms with Crippen molar-refractivity contribution in [1.82, 2.24) is 45.4 Å². The van der Waals surface area contributed by atoms with Crippen molar-refractivity contribution in [2.45, 2.75) is 39.0 Å². The third-order valence-electron chi connectivity index (χ3n) is 4.78. The molecule has 0 unspecified atom stereocenters. The molecule has 1 aliphatic rings. The number of nitrogens with zero attached hydrogens (tertiary/aromatic N) is 9. The molecule has 0 aromatic carbocycles. The van der Waals surface area contributed by atoms with E-state index in [1.807, 2.05) is 11.0 Å². The highest BCUT2D eigenvalue weighted by Crippen LogP contribution is 2.35. The molecule has 0 fully saturated rings. The van der Waals surface area contributed by atoms with Crippen LogP contribution in [0, 0.1) is 0 Å². The number of nitrogens with one attached hydrogen (secondary N) is 1. The summed E-state index contributed by atoms with van der Waals surface area (Å²) < 4.78 is 40.6. The molecule has 10 nitrogen and oxygen atoms in total. The second-order valence-corrected chi connectivity index (χ2v) is 7.93. The van der Waals surface area contributed by atoms with Crippen molar-refractivity contribution in [3.05, 3.63) is 22.6 Å². The number of tetrazole rings is 1. The van der Waals surface area contributed by atoms with E-state index in [2.05, 4.69) is 47.7 Å². The van der Waals surface area contributed by atoms with Crippen LogP contribution in [0.25, 0.3) is 21.9 Å². The number of alkyl halides is 3. The molecular weight excluding hydrogens is 421 g/mol. The fraction of sp³-hybridized carbons (Fsp3) is 0.438. The SMILES string of the molecule is CCCc1cc2c(N3CCn4c(nnc4C(F)(F)F)C3)nc(-c3nnn[nH]3)nc2s1. The number of H-pyrrole nitrogens is 1. The number of hydrogen-bond donors (Lipinski definition) is 1. The summed E-state index contributed by atoms with van der Waals surface area (Å²) in [7, 11) is 0. The minimum atomic E-state index is -4.54. The molecule has 0 saturated heterocycles. The molecule has 1 aliphatic heterocycles. The number of fused-ring (bicyclic) bond motifs is 2. The first-order chi connectivity index (χ1) is 14.4. The van der Waals surface area contributed by atoms with Crippen LogP contribution < -0.4 is 4.90 Å². The van der Waals surface area contributed by atoms with Crippen molar-refractivity contribution in [1.29, 1.82) is 0 Å². The molecule has 156 valence electrons. The average Bonchev–Trinajstić information content (AvgIpc) is 3.44. The molecule has 30 heavy (non-hydrogen) atoms. The Balaban J connectivity index is 1.58. The van der Waals surface area contributed by atoms with Gasteiger partial charge in [0.1, 0.15) is 10.6 Å². The molecule has 0 radical (unpaired) electrons. The van der Waals surface area contributed by atoms with E-state index in [0.29, 0.717) is 24.0 Å². The number of rotatable bonds is 4. The standard InChI is InChI=1S/C16H15F3N10S/c1-2-3-8-6-9-13(20-11(21-14(9)30-8)12-23-26-27-24-12)28-4-5-29-10(7-28)22-25-15(29)16(17,18)19/h6H,2-5,7H2,1H3,(H,23,24,26,27). The normalized spacial score (nSPS) is 14.5. The van der Waals surface area contributed by atoms with Gasteiger partial charge < -0.3 is 9.47 Å². The maximum absolute atomic E-state index is 13.1. The number of aromatic amines is 1. The molecule has 0 atom stereocenters. The zero-order valence-corrected chi connectivity index (χ0v) is 16.5. The Morgan fingerprint density at radius 3 is 2.77 bits per heavy atom. The zero-order valence-electron chi connectivity index (χ0n) is 15.7. The van der Waals surface area contributed by atoms with Gasteiger partial charge in [0.05, 0.1) is 11.9 Å². The molecule has 5 rings (SSSR count). The molecule has 14 heteroatoms. The molecule has 0 aliphatic carbocycles. The number of aromatic nitrogens is 9. The van der Waals surface area contributed by atoms with Crippen molar-refractivity contribution < 1.29 is 13.2 Å². The molecule has 1 N–H and O–H groups in total. The van der Waals surface area contributed by atoms with Crippen LogP contribution in [0.2, 0.25) is 0 Å². The van der Waals surface area contributed by atoms with Gasteiger partial charge in [-0.1, -0.05) is 13.3 Å². The Bertz CT molecular complexity index is 1200. The van der Waals surface area contributed by atoms with Crippen LogP contribution in [0.3, 0.4) is 0 Å². The van der Waals surface area contributed by atoms with Crippen LogP contribution in [-0.2, 0) is 25.7 Å². The van der Waals surface area contributed by atoms with Gasteiger partial charge in [-0.2, -0.15) is 13.2 Å². The second-order valence-electron chi connectivity index (χ2n) is 6.81. The van der Waals surface area contributed by atoms with E-state index in [4.69, 9.17) is 0 Å². The minimum Gasteiger partial charge on any atom is -0.347 e. The highest BCUT2D eigenvalue weighted by atomic mass is 32.1. The summed E-state index contributed by atoms with van der Waals surface area (Å²) in [4.78, 5) is 13.0. The van der Waals surface area contributed by atoms with Gasteiger partial charge in [0.25, 0.3) is 0 Å². The van der Waals surface area contributed by atoms with Gasteiger partial charge in [-0.05, 0) is 22.9 Å². The lowest BCUT2D eigenvalue weighted by atomic mass is 10.2. The Labute approximate surface area is 171 Å². The topological polar surface area (TPSA) is 114 Å². The highest BCUT2D eigenvalue weighted by molar-refractivity contribution is 7.18. The highest BCUT2D eigenvalue weighted by Gasteiger charge is 2.39. The lowest BCUT2D eigenvalue weighted by Gasteiger charge is -2.29. The van der Waals surface area contributed by atoms with Crippen LogP contribution in [0.5, 0.6) is 0 Å². The molecule has 0 spiro atoms. The van der Waals surface area contributed by atoms with Crippen LogP contribution >= 0.6 is 11.3 Å². The Hall–Kier alpha value is -3.16. The summed E-state index contributed by atoms with van der Waals surface area (Å²) in [6.07, 6.45) is -2.64. The van der Waals surface area contributed by atoms with Crippen molar-refractivity contribution in [2.24, 2.45) is 0 Å². The maximum atomic E-state index is 13.1. The van der Waals surface area contributed by atoms with Gasteiger partial charge in [0, 0.05) is 18.0 Å². The predicted molar refractivity (Wildman–Crippen MR) is 101 cm³/mol. The first-order valence-electron chi connectivity index (χ1n) is 9.23. The largest absolute Gasteiger partial charge is 0.451 e. The summed E-state index contributed by atoms with van der Waals surface area (Å²) in [6, 6.07) is 2.04. The van der Waals surface area contributed by atoms with Crippen LogP contribution in [-0.4, -0.2) is 51.9 Å². The Morgan fingerprint density at radius 1 is 1.17 bits per heavy atom. The van der Waals surface area contributed by atoms with E-state index in [-0.39, 0.29) is 18.9 Å². The number of hydrogen-bond acceptors (Lipinski definition) is 9. The van der Waals surface area contributed by atoms with E-state index in [9.17, 15) is 13.2 Å². The summed E-state index contributed by atoms with van der Waals surface area (Å²) in [5, 5.41) is 21.6. The molecule has 0 bridgehead atoms. The Kier molecular flexibility index (Phi) is 4.38. The fourth-order valence-electron chi connectivity index (χ4n) is 3.47. The van der Waals surface area contributed by atoms with E-state index < -0.39 is 12.0 Å². The van der Waals surface area contributed by atoms with Crippen LogP contribution in [0.15, 0.2) is 6.07 Å². The Morgan fingerprint density at radius 2 is 2.03 bits per heavy atom. The summed E-state index contributed by atoms with van der Waals surface area (Å²) in [5.41, 5.74) is 0. The second kappa shape index (κ2) is 6.97. The third-order valence-corrected chi connectivity index (χ3v) is 5.87. The number of halogens is 3. The minimum absolute atomic E-state index is 0.105. The molecule has 4 aromatic rings. The van der Waals surface area contributed by atoms with Gasteiger partial charge in [-0.25, -0.2) is 15.1 Å². The first-order valence-corrected chi connectivity index (χ1v) is 10.0. The van der Waals surface area contributed by atoms with Gasteiger partial charge >= 0.3 is 6.18 Å². The van der Waals surface area contributed by atoms with Gasteiger partial charge in [-0.3, -0.25) is 0 Å². The number of aryl methyl sites for hydroxylation is 1. The quantitative estimate of drug-likeness (QED) is 0.519. The van der Waals surface area contributed by atoms with Crippen LogP contribution in [0.4, 0.5) is 19.0 Å². The van der Waals surface area contributed by atoms with Crippen molar-refractivity contribution >= 4 is 27.4 Å². The lowest BCUT2D eigenvalue weighted by Crippen LogP contribution is -2.36. The molecule has 0 amide bonds. The average molecular weight is 436 g/mol. The van der Waals surface area contributed by atoms with Gasteiger partial charge in [0.15, 0.2) is 5.82 Å². The van der Waals surface area contributed by atoms with Gasteiger partial charge in [0.2, 0.25) is 17.5 Å². The maximum Gasteiger partial charge on any atom is 0.451 e. The lowest BCUT2D eigenvalue weighted by molar-refractivity contribution is -0.147. The molecule has 0 saturated carbocycles. The zero-order chi connectivity index (χ0) is 20.9. The van der Waals surface area contributed by atoms with E-state index >= 15 is 0 Å².